The van der Waals surface area contributed by atoms with Gasteiger partial charge in [-0.2, -0.15) is 0 Å². The molecule has 2 fully saturated rings. The van der Waals surface area contributed by atoms with E-state index in [-0.39, 0.29) is 11.5 Å². The Balaban J connectivity index is 1.40. The van der Waals surface area contributed by atoms with E-state index in [2.05, 4.69) is 10.2 Å². The number of amides is 2. The number of piperazine rings is 1. The number of nitrogens with one attached hydrogen (secondary N) is 1. The van der Waals surface area contributed by atoms with Crippen LogP contribution < -0.4 is 11.1 Å². The summed E-state index contributed by atoms with van der Waals surface area (Å²) in [5.41, 5.74) is 5.67. The van der Waals surface area contributed by atoms with Crippen LogP contribution in [-0.2, 0) is 4.79 Å². The van der Waals surface area contributed by atoms with Gasteiger partial charge in [-0.15, -0.1) is 0 Å². The highest BCUT2D eigenvalue weighted by Crippen LogP contribution is 2.29. The van der Waals surface area contributed by atoms with Gasteiger partial charge in [-0.05, 0) is 25.0 Å². The van der Waals surface area contributed by atoms with E-state index in [1.165, 1.54) is 12.1 Å². The maximum Gasteiger partial charge on any atom is 0.254 e. The van der Waals surface area contributed by atoms with Crippen LogP contribution in [0.5, 0.6) is 0 Å². The van der Waals surface area contributed by atoms with Crippen molar-refractivity contribution < 1.29 is 14.0 Å². The van der Waals surface area contributed by atoms with Crippen molar-refractivity contribution in [2.24, 2.45) is 5.73 Å². The molecule has 1 saturated carbocycles. The van der Waals surface area contributed by atoms with Gasteiger partial charge in [-0.3, -0.25) is 14.5 Å². The van der Waals surface area contributed by atoms with Crippen molar-refractivity contribution in [3.05, 3.63) is 35.6 Å². The van der Waals surface area contributed by atoms with E-state index in [1.807, 2.05) is 4.90 Å². The van der Waals surface area contributed by atoms with Crippen LogP contribution in [-0.4, -0.2) is 66.4 Å². The number of halogens is 1. The van der Waals surface area contributed by atoms with Crippen molar-refractivity contribution in [1.29, 1.82) is 0 Å². The number of nitrogens with zero attached hydrogens (tertiary/aromatic N) is 2. The van der Waals surface area contributed by atoms with Gasteiger partial charge in [0.05, 0.1) is 11.1 Å². The summed E-state index contributed by atoms with van der Waals surface area (Å²) in [6, 6.07) is 5.95. The topological polar surface area (TPSA) is 78.7 Å². The second-order valence-electron chi connectivity index (χ2n) is 7.23. The molecule has 142 valence electrons. The first kappa shape index (κ1) is 18.8. The Kier molecular flexibility index (Phi) is 5.88. The molecule has 6 nitrogen and oxygen atoms in total. The average molecular weight is 362 g/mol. The minimum absolute atomic E-state index is 0.0627. The average Bonchev–Trinajstić information content (AvgIpc) is 3.10. The molecule has 7 heteroatoms. The van der Waals surface area contributed by atoms with Crippen molar-refractivity contribution in [2.75, 3.05) is 39.3 Å². The number of nitrogens with two attached hydrogens (primary N) is 1. The van der Waals surface area contributed by atoms with E-state index in [0.717, 1.165) is 38.8 Å². The molecule has 26 heavy (non-hydrogen) atoms. The third-order valence-electron chi connectivity index (χ3n) is 5.41. The lowest BCUT2D eigenvalue weighted by Gasteiger charge is -2.38. The summed E-state index contributed by atoms with van der Waals surface area (Å²) in [6.07, 6.45) is 3.63. The third-order valence-corrected chi connectivity index (χ3v) is 5.41. The van der Waals surface area contributed by atoms with Gasteiger partial charge in [0.2, 0.25) is 5.91 Å². The highest BCUT2D eigenvalue weighted by atomic mass is 19.1. The van der Waals surface area contributed by atoms with Crippen molar-refractivity contribution >= 4 is 11.8 Å². The van der Waals surface area contributed by atoms with Gasteiger partial charge in [0, 0.05) is 39.3 Å². The van der Waals surface area contributed by atoms with Crippen LogP contribution in [0.2, 0.25) is 0 Å². The molecule has 3 rings (SSSR count). The maximum absolute atomic E-state index is 13.6. The van der Waals surface area contributed by atoms with E-state index in [9.17, 15) is 14.0 Å². The first-order valence-electron chi connectivity index (χ1n) is 9.33. The van der Waals surface area contributed by atoms with Gasteiger partial charge >= 0.3 is 0 Å². The zero-order valence-corrected chi connectivity index (χ0v) is 15.0. The molecule has 1 heterocycles. The fraction of sp³-hybridized carbons (Fsp3) is 0.579. The molecule has 2 amide bonds. The van der Waals surface area contributed by atoms with Gasteiger partial charge < -0.3 is 16.0 Å². The van der Waals surface area contributed by atoms with Crippen molar-refractivity contribution in [2.45, 2.75) is 31.2 Å². The van der Waals surface area contributed by atoms with Gasteiger partial charge in [-0.25, -0.2) is 4.39 Å². The molecule has 0 unspecified atom stereocenters. The smallest absolute Gasteiger partial charge is 0.254 e. The van der Waals surface area contributed by atoms with Gasteiger partial charge in [0.1, 0.15) is 5.82 Å². The van der Waals surface area contributed by atoms with Crippen LogP contribution in [0.15, 0.2) is 24.3 Å². The van der Waals surface area contributed by atoms with E-state index in [1.54, 1.807) is 12.1 Å². The Morgan fingerprint density at radius 3 is 2.42 bits per heavy atom. The maximum atomic E-state index is 13.6. The van der Waals surface area contributed by atoms with Crippen molar-refractivity contribution in [3.63, 3.8) is 0 Å². The summed E-state index contributed by atoms with van der Waals surface area (Å²) in [5.74, 6) is -0.828. The molecule has 0 radical (unpaired) electrons. The SMILES string of the molecule is NC1(C(=O)N2CCN(CCNC(=O)c3ccccc3F)CC2)CCCC1. The van der Waals surface area contributed by atoms with Crippen LogP contribution in [0.4, 0.5) is 4.39 Å². The van der Waals surface area contributed by atoms with Crippen LogP contribution >= 0.6 is 0 Å². The minimum Gasteiger partial charge on any atom is -0.351 e. The van der Waals surface area contributed by atoms with Crippen LogP contribution in [0.25, 0.3) is 0 Å². The number of hydrogen-bond donors (Lipinski definition) is 2. The summed E-state index contributed by atoms with van der Waals surface area (Å²) in [4.78, 5) is 28.7. The number of hydrogen-bond acceptors (Lipinski definition) is 4. The molecule has 1 aliphatic heterocycles. The van der Waals surface area contributed by atoms with Crippen molar-refractivity contribution in [3.8, 4) is 0 Å². The van der Waals surface area contributed by atoms with Gasteiger partial charge in [-0.1, -0.05) is 25.0 Å². The summed E-state index contributed by atoms with van der Waals surface area (Å²) >= 11 is 0. The summed E-state index contributed by atoms with van der Waals surface area (Å²) in [7, 11) is 0. The van der Waals surface area contributed by atoms with Gasteiger partial charge in [0.25, 0.3) is 5.91 Å². The zero-order valence-electron chi connectivity index (χ0n) is 15.0. The fourth-order valence-electron chi connectivity index (χ4n) is 3.78. The zero-order chi connectivity index (χ0) is 18.6. The van der Waals surface area contributed by atoms with Crippen LogP contribution in [0.1, 0.15) is 36.0 Å². The lowest BCUT2D eigenvalue weighted by Crippen LogP contribution is -2.58. The Labute approximate surface area is 153 Å². The van der Waals surface area contributed by atoms with Crippen LogP contribution in [0.3, 0.4) is 0 Å². The molecular formula is C19H27FN4O2. The van der Waals surface area contributed by atoms with E-state index < -0.39 is 17.3 Å². The first-order valence-corrected chi connectivity index (χ1v) is 9.33. The normalized spacial score (nSPS) is 20.2. The van der Waals surface area contributed by atoms with Crippen LogP contribution in [0, 0.1) is 5.82 Å². The van der Waals surface area contributed by atoms with Gasteiger partial charge in [0.15, 0.2) is 0 Å². The molecule has 0 atom stereocenters. The lowest BCUT2D eigenvalue weighted by molar-refractivity contribution is -0.138. The molecule has 1 aromatic carbocycles. The molecule has 1 saturated heterocycles. The molecule has 1 aromatic rings. The molecule has 0 spiro atoms. The quantitative estimate of drug-likeness (QED) is 0.818. The summed E-state index contributed by atoms with van der Waals surface area (Å²) in [5, 5.41) is 2.75. The van der Waals surface area contributed by atoms with E-state index in [4.69, 9.17) is 5.73 Å². The standard InChI is InChI=1S/C19H27FN4O2/c20-16-6-2-1-5-15(16)17(25)22-9-10-23-11-13-24(14-12-23)18(26)19(21)7-3-4-8-19/h1-2,5-6H,3-4,7-14,21H2,(H,22,25). The van der Waals surface area contributed by atoms with Crippen molar-refractivity contribution in [1.82, 2.24) is 15.1 Å². The Morgan fingerprint density at radius 1 is 1.12 bits per heavy atom. The summed E-state index contributed by atoms with van der Waals surface area (Å²) in [6.45, 7) is 3.98. The molecule has 3 N–H and O–H groups in total. The highest BCUT2D eigenvalue weighted by Gasteiger charge is 2.40. The molecule has 0 aromatic heterocycles. The predicted molar refractivity (Wildman–Crippen MR) is 97.1 cm³/mol. The Morgan fingerprint density at radius 2 is 1.77 bits per heavy atom. The van der Waals surface area contributed by atoms with E-state index >= 15 is 0 Å². The fourth-order valence-corrected chi connectivity index (χ4v) is 3.78. The number of carbonyl (C=O) groups excluding carboxylic acids is 2. The first-order chi connectivity index (χ1) is 12.5. The molecule has 0 bridgehead atoms. The molecule has 2 aliphatic rings. The third kappa shape index (κ3) is 4.22. The number of rotatable bonds is 5. The monoisotopic (exact) mass is 362 g/mol. The Hall–Kier alpha value is -1.99. The van der Waals surface area contributed by atoms with E-state index in [0.29, 0.717) is 26.2 Å². The predicted octanol–water partition coefficient (Wildman–Crippen LogP) is 0.971. The second-order valence-corrected chi connectivity index (χ2v) is 7.23. The lowest BCUT2D eigenvalue weighted by atomic mass is 9.97. The summed E-state index contributed by atoms with van der Waals surface area (Å²) < 4.78 is 13.6. The number of carbonyl (C=O) groups is 2. The molecule has 1 aliphatic carbocycles. The largest absolute Gasteiger partial charge is 0.351 e. The Bertz CT molecular complexity index is 653. The molecular weight excluding hydrogens is 335 g/mol. The highest BCUT2D eigenvalue weighted by molar-refractivity contribution is 5.94. The second kappa shape index (κ2) is 8.14. The minimum atomic E-state index is -0.657. The number of benzene rings is 1.